The van der Waals surface area contributed by atoms with E-state index in [-0.39, 0.29) is 6.04 Å². The van der Waals surface area contributed by atoms with Crippen LogP contribution >= 0.6 is 0 Å². The van der Waals surface area contributed by atoms with Crippen LogP contribution in [0.4, 0.5) is 5.69 Å². The van der Waals surface area contributed by atoms with Crippen molar-refractivity contribution in [3.8, 4) is 6.07 Å². The van der Waals surface area contributed by atoms with Crippen LogP contribution in [0, 0.1) is 11.3 Å². The highest BCUT2D eigenvalue weighted by Gasteiger charge is 2.11. The third kappa shape index (κ3) is 2.36. The average molecular weight is 262 g/mol. The van der Waals surface area contributed by atoms with E-state index in [2.05, 4.69) is 24.4 Å². The molecule has 0 amide bonds. The van der Waals surface area contributed by atoms with Gasteiger partial charge in [0, 0.05) is 11.1 Å². The first-order chi connectivity index (χ1) is 9.76. The maximum absolute atomic E-state index is 8.78. The van der Waals surface area contributed by atoms with Gasteiger partial charge in [0.2, 0.25) is 0 Å². The van der Waals surface area contributed by atoms with Crippen molar-refractivity contribution in [1.29, 1.82) is 5.26 Å². The van der Waals surface area contributed by atoms with Crippen LogP contribution in [0.3, 0.4) is 0 Å². The van der Waals surface area contributed by atoms with Crippen molar-refractivity contribution in [3.63, 3.8) is 0 Å². The number of benzene rings is 2. The van der Waals surface area contributed by atoms with Gasteiger partial charge in [0.1, 0.15) is 11.3 Å². The molecule has 1 aromatic heterocycles. The first kappa shape index (κ1) is 12.3. The summed E-state index contributed by atoms with van der Waals surface area (Å²) in [5.74, 6) is 0.899. The van der Waals surface area contributed by atoms with Crippen molar-refractivity contribution < 1.29 is 4.42 Å². The predicted molar refractivity (Wildman–Crippen MR) is 79.4 cm³/mol. The standard InChI is InChI=1S/C17H14N2O/c1-12(19-15-8-6-13(11-18)7-9-15)17-10-14-4-2-3-5-16(14)20-17/h2-10,12,19H,1H3/t12-/m1/s1. The number of anilines is 1. The molecule has 0 unspecified atom stereocenters. The van der Waals surface area contributed by atoms with Gasteiger partial charge in [-0.3, -0.25) is 0 Å². The van der Waals surface area contributed by atoms with E-state index in [1.807, 2.05) is 36.4 Å². The zero-order valence-corrected chi connectivity index (χ0v) is 11.1. The minimum Gasteiger partial charge on any atom is -0.459 e. The number of hydrogen-bond donors (Lipinski definition) is 1. The Bertz CT molecular complexity index is 733. The number of rotatable bonds is 3. The molecule has 3 nitrogen and oxygen atoms in total. The molecule has 1 heterocycles. The third-order valence-corrected chi connectivity index (χ3v) is 3.27. The fourth-order valence-electron chi connectivity index (χ4n) is 2.18. The SMILES string of the molecule is C[C@@H](Nc1ccc(C#N)cc1)c1cc2ccccc2o1. The molecule has 2 aromatic carbocycles. The number of nitrogens with one attached hydrogen (secondary N) is 1. The molecule has 0 bridgehead atoms. The van der Waals surface area contributed by atoms with Crippen LogP contribution in [0.15, 0.2) is 59.0 Å². The van der Waals surface area contributed by atoms with E-state index in [4.69, 9.17) is 9.68 Å². The fourth-order valence-corrected chi connectivity index (χ4v) is 2.18. The first-order valence-corrected chi connectivity index (χ1v) is 6.51. The topological polar surface area (TPSA) is 49.0 Å². The predicted octanol–water partition coefficient (Wildman–Crippen LogP) is 4.48. The Morgan fingerprint density at radius 2 is 1.85 bits per heavy atom. The number of hydrogen-bond acceptors (Lipinski definition) is 3. The summed E-state index contributed by atoms with van der Waals surface area (Å²) in [5, 5.41) is 13.3. The lowest BCUT2D eigenvalue weighted by Crippen LogP contribution is -2.05. The molecule has 3 rings (SSSR count). The smallest absolute Gasteiger partial charge is 0.134 e. The van der Waals surface area contributed by atoms with Crippen LogP contribution in [0.1, 0.15) is 24.3 Å². The average Bonchev–Trinajstić information content (AvgIpc) is 2.92. The van der Waals surface area contributed by atoms with Crippen LogP contribution < -0.4 is 5.32 Å². The molecule has 20 heavy (non-hydrogen) atoms. The van der Waals surface area contributed by atoms with Crippen molar-refractivity contribution in [2.45, 2.75) is 13.0 Å². The second-order valence-electron chi connectivity index (χ2n) is 4.74. The largest absolute Gasteiger partial charge is 0.459 e. The maximum atomic E-state index is 8.78. The molecule has 0 spiro atoms. The molecular formula is C17H14N2O. The molecule has 3 aromatic rings. The Hall–Kier alpha value is -2.73. The lowest BCUT2D eigenvalue weighted by Gasteiger charge is -2.12. The van der Waals surface area contributed by atoms with Crippen LogP contribution in [-0.4, -0.2) is 0 Å². The monoisotopic (exact) mass is 262 g/mol. The molecule has 0 saturated carbocycles. The van der Waals surface area contributed by atoms with Gasteiger partial charge in [0.05, 0.1) is 17.7 Å². The van der Waals surface area contributed by atoms with Crippen molar-refractivity contribution >= 4 is 16.7 Å². The molecule has 0 aliphatic rings. The quantitative estimate of drug-likeness (QED) is 0.757. The molecule has 0 saturated heterocycles. The summed E-state index contributed by atoms with van der Waals surface area (Å²) < 4.78 is 5.83. The number of nitriles is 1. The molecule has 98 valence electrons. The zero-order chi connectivity index (χ0) is 13.9. The lowest BCUT2D eigenvalue weighted by molar-refractivity contribution is 0.526. The van der Waals surface area contributed by atoms with Crippen molar-refractivity contribution in [2.75, 3.05) is 5.32 Å². The van der Waals surface area contributed by atoms with Gasteiger partial charge in [-0.1, -0.05) is 18.2 Å². The van der Waals surface area contributed by atoms with Crippen molar-refractivity contribution in [1.82, 2.24) is 0 Å². The summed E-state index contributed by atoms with van der Waals surface area (Å²) >= 11 is 0. The second-order valence-corrected chi connectivity index (χ2v) is 4.74. The van der Waals surface area contributed by atoms with Gasteiger partial charge < -0.3 is 9.73 Å². The molecule has 0 aliphatic heterocycles. The van der Waals surface area contributed by atoms with Crippen LogP contribution in [0.2, 0.25) is 0 Å². The van der Waals surface area contributed by atoms with E-state index in [1.165, 1.54) is 0 Å². The normalized spacial score (nSPS) is 12.0. The molecule has 0 radical (unpaired) electrons. The number of furan rings is 1. The van der Waals surface area contributed by atoms with Gasteiger partial charge in [-0.15, -0.1) is 0 Å². The molecule has 0 fully saturated rings. The molecule has 1 atom stereocenters. The van der Waals surface area contributed by atoms with Gasteiger partial charge >= 0.3 is 0 Å². The first-order valence-electron chi connectivity index (χ1n) is 6.51. The highest BCUT2D eigenvalue weighted by molar-refractivity contribution is 5.77. The minimum atomic E-state index is 0.0651. The van der Waals surface area contributed by atoms with E-state index in [0.29, 0.717) is 5.56 Å². The molecule has 3 heteroatoms. The Balaban J connectivity index is 1.81. The Morgan fingerprint density at radius 3 is 2.55 bits per heavy atom. The van der Waals surface area contributed by atoms with Crippen LogP contribution in [-0.2, 0) is 0 Å². The zero-order valence-electron chi connectivity index (χ0n) is 11.1. The van der Waals surface area contributed by atoms with E-state index >= 15 is 0 Å². The summed E-state index contributed by atoms with van der Waals surface area (Å²) in [6.45, 7) is 2.05. The minimum absolute atomic E-state index is 0.0651. The number of para-hydroxylation sites is 1. The van der Waals surface area contributed by atoms with E-state index in [9.17, 15) is 0 Å². The van der Waals surface area contributed by atoms with Crippen LogP contribution in [0.25, 0.3) is 11.0 Å². The Labute approximate surface area is 117 Å². The van der Waals surface area contributed by atoms with Gasteiger partial charge in [0.25, 0.3) is 0 Å². The van der Waals surface area contributed by atoms with E-state index in [0.717, 1.165) is 22.4 Å². The van der Waals surface area contributed by atoms with Crippen molar-refractivity contribution in [2.24, 2.45) is 0 Å². The summed E-state index contributed by atoms with van der Waals surface area (Å²) in [6, 6.07) is 19.6. The summed E-state index contributed by atoms with van der Waals surface area (Å²) in [5.41, 5.74) is 2.53. The Morgan fingerprint density at radius 1 is 1.10 bits per heavy atom. The van der Waals surface area contributed by atoms with Gasteiger partial charge in [-0.2, -0.15) is 5.26 Å². The lowest BCUT2D eigenvalue weighted by atomic mass is 10.2. The van der Waals surface area contributed by atoms with Crippen molar-refractivity contribution in [3.05, 3.63) is 65.9 Å². The third-order valence-electron chi connectivity index (χ3n) is 3.27. The molecule has 1 N–H and O–H groups in total. The highest BCUT2D eigenvalue weighted by atomic mass is 16.3. The van der Waals surface area contributed by atoms with Gasteiger partial charge in [-0.05, 0) is 43.3 Å². The van der Waals surface area contributed by atoms with E-state index < -0.39 is 0 Å². The summed E-state index contributed by atoms with van der Waals surface area (Å²) in [4.78, 5) is 0. The fraction of sp³-hybridized carbons (Fsp3) is 0.118. The molecule has 0 aliphatic carbocycles. The van der Waals surface area contributed by atoms with Gasteiger partial charge in [0.15, 0.2) is 0 Å². The summed E-state index contributed by atoms with van der Waals surface area (Å²) in [6.07, 6.45) is 0. The maximum Gasteiger partial charge on any atom is 0.134 e. The van der Waals surface area contributed by atoms with Gasteiger partial charge in [-0.25, -0.2) is 0 Å². The summed E-state index contributed by atoms with van der Waals surface area (Å²) in [7, 11) is 0. The number of nitrogens with zero attached hydrogens (tertiary/aromatic N) is 1. The Kier molecular flexibility index (Phi) is 3.14. The van der Waals surface area contributed by atoms with Crippen LogP contribution in [0.5, 0.6) is 0 Å². The number of fused-ring (bicyclic) bond motifs is 1. The second kappa shape index (κ2) is 5.10. The molecular weight excluding hydrogens is 248 g/mol. The van der Waals surface area contributed by atoms with E-state index in [1.54, 1.807) is 12.1 Å². The highest BCUT2D eigenvalue weighted by Crippen LogP contribution is 2.26.